The second-order valence-electron chi connectivity index (χ2n) is 8.89. The zero-order valence-electron chi connectivity index (χ0n) is 21.6. The van der Waals surface area contributed by atoms with Gasteiger partial charge in [-0.1, -0.05) is 53.5 Å². The summed E-state index contributed by atoms with van der Waals surface area (Å²) in [5, 5.41) is 4.35. The number of carbonyl (C=O) groups is 2. The average Bonchev–Trinajstić information content (AvgIpc) is 3.37. The monoisotopic (exact) mass is 613 g/mol. The molecule has 3 aromatic carbocycles. The lowest BCUT2D eigenvalue weighted by atomic mass is 10.1. The van der Waals surface area contributed by atoms with E-state index >= 15 is 0 Å². The Morgan fingerprint density at radius 2 is 1.93 bits per heavy atom. The number of benzene rings is 3. The van der Waals surface area contributed by atoms with E-state index in [1.54, 1.807) is 19.2 Å². The highest BCUT2D eigenvalue weighted by atomic mass is 35.5. The lowest BCUT2D eigenvalue weighted by Gasteiger charge is -2.21. The molecular formula is C28H25Cl2N5O3S2. The summed E-state index contributed by atoms with van der Waals surface area (Å²) in [6, 6.07) is 20.9. The Morgan fingerprint density at radius 3 is 2.75 bits per heavy atom. The van der Waals surface area contributed by atoms with Gasteiger partial charge in [0.15, 0.2) is 0 Å². The molecule has 1 aromatic heterocycles. The average molecular weight is 615 g/mol. The van der Waals surface area contributed by atoms with Gasteiger partial charge in [-0.25, -0.2) is 4.98 Å². The molecule has 0 spiro atoms. The van der Waals surface area contributed by atoms with Crippen LogP contribution in [0.5, 0.6) is 5.75 Å². The van der Waals surface area contributed by atoms with Crippen LogP contribution >= 0.6 is 47.1 Å². The lowest BCUT2D eigenvalue weighted by molar-refractivity contribution is -0.123. The highest BCUT2D eigenvalue weighted by Crippen LogP contribution is 2.40. The molecule has 1 aliphatic rings. The molecule has 8 nitrogen and oxygen atoms in total. The SMILES string of the molecule is Cc1ccc2cccc(OCc3c(Cl)ccc(N(C)C(=O)CNC(=O)CSN4Nc5ccccc5S4)c3Cl)c2n1. The molecule has 0 atom stereocenters. The van der Waals surface area contributed by atoms with Crippen molar-refractivity contribution in [1.82, 2.24) is 14.1 Å². The number of para-hydroxylation sites is 2. The summed E-state index contributed by atoms with van der Waals surface area (Å²) in [6.45, 7) is 1.83. The Hall–Kier alpha value is -3.15. The highest BCUT2D eigenvalue weighted by Gasteiger charge is 2.22. The van der Waals surface area contributed by atoms with Crippen LogP contribution in [0.4, 0.5) is 11.4 Å². The summed E-state index contributed by atoms with van der Waals surface area (Å²) in [5.74, 6) is 0.163. The van der Waals surface area contributed by atoms with Gasteiger partial charge < -0.3 is 15.0 Å². The second kappa shape index (κ2) is 12.6. The molecule has 0 aliphatic carbocycles. The van der Waals surface area contributed by atoms with Gasteiger partial charge in [-0.05, 0) is 67.2 Å². The number of fused-ring (bicyclic) bond motifs is 2. The van der Waals surface area contributed by atoms with Gasteiger partial charge in [0.05, 0.1) is 33.6 Å². The molecule has 5 rings (SSSR count). The third kappa shape index (κ3) is 6.42. The summed E-state index contributed by atoms with van der Waals surface area (Å²) < 4.78 is 7.89. The van der Waals surface area contributed by atoms with Gasteiger partial charge in [0, 0.05) is 28.7 Å². The largest absolute Gasteiger partial charge is 0.487 e. The number of likely N-dealkylation sites (N-methyl/N-ethyl adjacent to an activating group) is 1. The van der Waals surface area contributed by atoms with E-state index in [2.05, 4.69) is 15.7 Å². The normalized spacial score (nSPS) is 12.6. The van der Waals surface area contributed by atoms with E-state index in [1.165, 1.54) is 28.8 Å². The number of nitrogens with zero attached hydrogens (tertiary/aromatic N) is 3. The molecule has 0 bridgehead atoms. The molecule has 2 amide bonds. The number of halogens is 2. The van der Waals surface area contributed by atoms with Crippen LogP contribution in [0.3, 0.4) is 0 Å². The summed E-state index contributed by atoms with van der Waals surface area (Å²) >= 11 is 16.0. The number of anilines is 2. The van der Waals surface area contributed by atoms with Gasteiger partial charge in [-0.3, -0.25) is 15.0 Å². The molecule has 0 radical (unpaired) electrons. The zero-order chi connectivity index (χ0) is 28.2. The van der Waals surface area contributed by atoms with Crippen LogP contribution in [0.2, 0.25) is 10.0 Å². The van der Waals surface area contributed by atoms with Gasteiger partial charge >= 0.3 is 0 Å². The van der Waals surface area contributed by atoms with E-state index in [0.29, 0.717) is 27.0 Å². The number of ether oxygens (including phenoxy) is 1. The molecule has 40 heavy (non-hydrogen) atoms. The van der Waals surface area contributed by atoms with Crippen LogP contribution in [0.1, 0.15) is 11.3 Å². The molecule has 12 heteroatoms. The van der Waals surface area contributed by atoms with Crippen LogP contribution in [-0.4, -0.2) is 40.0 Å². The Kier molecular flexibility index (Phi) is 8.92. The number of aryl methyl sites for hydroxylation is 1. The minimum atomic E-state index is -0.329. The number of amides is 2. The first-order valence-electron chi connectivity index (χ1n) is 12.3. The molecular weight excluding hydrogens is 589 g/mol. The number of hydrogen-bond donors (Lipinski definition) is 2. The van der Waals surface area contributed by atoms with Crippen LogP contribution < -0.4 is 20.4 Å². The molecule has 2 heterocycles. The molecule has 0 saturated heterocycles. The number of pyridine rings is 1. The fourth-order valence-corrected chi connectivity index (χ4v) is 6.35. The quantitative estimate of drug-likeness (QED) is 0.207. The topological polar surface area (TPSA) is 86.8 Å². The van der Waals surface area contributed by atoms with Crippen LogP contribution in [-0.2, 0) is 16.2 Å². The standard InChI is InChI=1S/C28H25Cl2N5O3S2/c1-17-10-11-18-6-5-8-23(28(18)32-17)38-15-19-20(29)12-13-22(27(19)30)34(2)26(37)14-31-25(36)16-39-35-33-21-7-3-4-9-24(21)40-35/h3-13,33H,14-16H2,1-2H3,(H,31,36). The Morgan fingerprint density at radius 1 is 1.10 bits per heavy atom. The fourth-order valence-electron chi connectivity index (χ4n) is 3.96. The molecule has 4 aromatic rings. The third-order valence-corrected chi connectivity index (χ3v) is 8.97. The van der Waals surface area contributed by atoms with Crippen molar-refractivity contribution in [2.75, 3.05) is 29.7 Å². The van der Waals surface area contributed by atoms with Crippen molar-refractivity contribution in [1.29, 1.82) is 0 Å². The Labute approximate surface area is 250 Å². The summed E-state index contributed by atoms with van der Waals surface area (Å²) in [7, 11) is 1.60. The number of hydrogen-bond acceptors (Lipinski definition) is 8. The molecule has 1 aliphatic heterocycles. The molecule has 0 unspecified atom stereocenters. The predicted molar refractivity (Wildman–Crippen MR) is 164 cm³/mol. The van der Waals surface area contributed by atoms with E-state index < -0.39 is 0 Å². The minimum absolute atomic E-state index is 0.0860. The zero-order valence-corrected chi connectivity index (χ0v) is 24.8. The second-order valence-corrected chi connectivity index (χ2v) is 11.8. The van der Waals surface area contributed by atoms with Crippen molar-refractivity contribution < 1.29 is 14.3 Å². The van der Waals surface area contributed by atoms with E-state index in [9.17, 15) is 9.59 Å². The van der Waals surface area contributed by atoms with Crippen molar-refractivity contribution in [3.8, 4) is 5.75 Å². The number of carbonyl (C=O) groups excluding carboxylic acids is 2. The first-order chi connectivity index (χ1) is 19.3. The predicted octanol–water partition coefficient (Wildman–Crippen LogP) is 6.51. The third-order valence-electron chi connectivity index (χ3n) is 6.13. The van der Waals surface area contributed by atoms with Crippen molar-refractivity contribution in [2.45, 2.75) is 18.4 Å². The number of nitrogens with one attached hydrogen (secondary N) is 2. The van der Waals surface area contributed by atoms with Crippen molar-refractivity contribution in [2.24, 2.45) is 0 Å². The van der Waals surface area contributed by atoms with Crippen LogP contribution in [0.15, 0.2) is 71.6 Å². The first-order valence-corrected chi connectivity index (χ1v) is 14.7. The molecule has 0 saturated carbocycles. The van der Waals surface area contributed by atoms with E-state index in [1.807, 2.05) is 65.3 Å². The maximum Gasteiger partial charge on any atom is 0.246 e. The maximum atomic E-state index is 12.9. The molecule has 206 valence electrons. The van der Waals surface area contributed by atoms with Gasteiger partial charge in [-0.15, -0.1) is 3.82 Å². The van der Waals surface area contributed by atoms with E-state index in [0.717, 1.165) is 27.2 Å². The Bertz CT molecular complexity index is 1560. The van der Waals surface area contributed by atoms with Crippen molar-refractivity contribution >= 4 is 81.2 Å². The van der Waals surface area contributed by atoms with Gasteiger partial charge in [0.2, 0.25) is 11.8 Å². The van der Waals surface area contributed by atoms with E-state index in [4.69, 9.17) is 27.9 Å². The number of rotatable bonds is 9. The summed E-state index contributed by atoms with van der Waals surface area (Å²) in [4.78, 5) is 32.4. The summed E-state index contributed by atoms with van der Waals surface area (Å²) in [6.07, 6.45) is 0. The van der Waals surface area contributed by atoms with Crippen LogP contribution in [0, 0.1) is 6.92 Å². The number of aromatic nitrogens is 1. The lowest BCUT2D eigenvalue weighted by Crippen LogP contribution is -2.39. The van der Waals surface area contributed by atoms with Gasteiger partial charge in [0.25, 0.3) is 0 Å². The highest BCUT2D eigenvalue weighted by molar-refractivity contribution is 8.12. The van der Waals surface area contributed by atoms with E-state index in [-0.39, 0.29) is 30.7 Å². The Balaban J connectivity index is 1.17. The maximum absolute atomic E-state index is 12.9. The minimum Gasteiger partial charge on any atom is -0.487 e. The summed E-state index contributed by atoms with van der Waals surface area (Å²) in [5.41, 5.74) is 6.83. The fraction of sp³-hybridized carbons (Fsp3) is 0.179. The number of hydrazine groups is 1. The molecule has 2 N–H and O–H groups in total. The van der Waals surface area contributed by atoms with Gasteiger partial charge in [0.1, 0.15) is 17.9 Å². The van der Waals surface area contributed by atoms with Crippen LogP contribution in [0.25, 0.3) is 10.9 Å². The van der Waals surface area contributed by atoms with Crippen molar-refractivity contribution in [3.05, 3.63) is 88.0 Å². The molecule has 0 fully saturated rings. The van der Waals surface area contributed by atoms with Crippen molar-refractivity contribution in [3.63, 3.8) is 0 Å². The van der Waals surface area contributed by atoms with Gasteiger partial charge in [-0.2, -0.15) is 0 Å². The first kappa shape index (κ1) is 28.4. The smallest absolute Gasteiger partial charge is 0.246 e.